The Labute approximate surface area is 137 Å². The van der Waals surface area contributed by atoms with Crippen molar-refractivity contribution in [2.45, 2.75) is 44.2 Å². The van der Waals surface area contributed by atoms with Crippen LogP contribution in [0, 0.1) is 0 Å². The zero-order chi connectivity index (χ0) is 15.2. The molecule has 5 heteroatoms. The minimum Gasteiger partial charge on any atom is -0.395 e. The molecule has 0 heterocycles. The van der Waals surface area contributed by atoms with E-state index in [4.69, 9.17) is 28.9 Å². The predicted molar refractivity (Wildman–Crippen MR) is 88.9 cm³/mol. The molecule has 1 aromatic carbocycles. The number of hydrogen-bond acceptors (Lipinski definition) is 3. The van der Waals surface area contributed by atoms with Gasteiger partial charge in [0.15, 0.2) is 0 Å². The minimum atomic E-state index is -0.126. The monoisotopic (exact) mass is 330 g/mol. The minimum absolute atomic E-state index is 0.126. The lowest BCUT2D eigenvalue weighted by atomic mass is 10.0. The van der Waals surface area contributed by atoms with Crippen LogP contribution in [-0.2, 0) is 0 Å². The molecule has 0 amide bonds. The molecule has 0 radical (unpaired) electrons. The first-order chi connectivity index (χ1) is 10.1. The Morgan fingerprint density at radius 3 is 2.62 bits per heavy atom. The van der Waals surface area contributed by atoms with Crippen molar-refractivity contribution in [1.82, 2.24) is 4.90 Å². The maximum atomic E-state index is 9.25. The number of aliphatic hydroxyl groups excluding tert-OH is 1. The first-order valence-electron chi connectivity index (χ1n) is 7.68. The van der Waals surface area contributed by atoms with E-state index in [1.54, 1.807) is 6.07 Å². The average Bonchev–Trinajstić information content (AvgIpc) is 3.00. The van der Waals surface area contributed by atoms with Crippen molar-refractivity contribution in [2.24, 2.45) is 5.73 Å². The first kappa shape index (κ1) is 17.0. The van der Waals surface area contributed by atoms with Gasteiger partial charge in [-0.15, -0.1) is 0 Å². The van der Waals surface area contributed by atoms with E-state index in [0.29, 0.717) is 16.1 Å². The van der Waals surface area contributed by atoms with Gasteiger partial charge in [0.05, 0.1) is 16.7 Å². The van der Waals surface area contributed by atoms with Crippen LogP contribution in [-0.4, -0.2) is 35.7 Å². The van der Waals surface area contributed by atoms with Crippen LogP contribution in [0.25, 0.3) is 0 Å². The number of aliphatic hydroxyl groups is 1. The van der Waals surface area contributed by atoms with Gasteiger partial charge in [-0.25, -0.2) is 0 Å². The Hall–Kier alpha value is -0.320. The van der Waals surface area contributed by atoms with Crippen molar-refractivity contribution in [3.05, 3.63) is 33.8 Å². The molecule has 0 aliphatic heterocycles. The molecule has 118 valence electrons. The lowest BCUT2D eigenvalue weighted by Gasteiger charge is -2.29. The third kappa shape index (κ3) is 4.57. The summed E-state index contributed by atoms with van der Waals surface area (Å²) in [6, 6.07) is 6.06. The standard InChI is InChI=1S/C16H24Cl2N2O/c17-14-7-3-6-13(16(14)18)15(19)8-9-20(10-11-21)12-4-1-2-5-12/h3,6-7,12,15,21H,1-2,4-5,8-11,19H2. The Morgan fingerprint density at radius 1 is 1.24 bits per heavy atom. The summed E-state index contributed by atoms with van der Waals surface area (Å²) >= 11 is 12.3. The Kier molecular flexibility index (Phi) is 6.77. The Morgan fingerprint density at radius 2 is 1.95 bits per heavy atom. The largest absolute Gasteiger partial charge is 0.395 e. The van der Waals surface area contributed by atoms with E-state index < -0.39 is 0 Å². The third-order valence-corrected chi connectivity index (χ3v) is 5.17. The highest BCUT2D eigenvalue weighted by Crippen LogP contribution is 2.31. The van der Waals surface area contributed by atoms with Crippen LogP contribution in [0.15, 0.2) is 18.2 Å². The van der Waals surface area contributed by atoms with E-state index >= 15 is 0 Å². The Bertz CT molecular complexity index is 450. The molecule has 0 spiro atoms. The van der Waals surface area contributed by atoms with Crippen LogP contribution in [0.3, 0.4) is 0 Å². The molecule has 1 atom stereocenters. The van der Waals surface area contributed by atoms with Crippen molar-refractivity contribution in [3.8, 4) is 0 Å². The molecule has 1 aliphatic carbocycles. The second kappa shape index (κ2) is 8.35. The predicted octanol–water partition coefficient (Wildman–Crippen LogP) is 3.62. The van der Waals surface area contributed by atoms with Crippen molar-refractivity contribution < 1.29 is 5.11 Å². The lowest BCUT2D eigenvalue weighted by Crippen LogP contribution is -2.37. The van der Waals surface area contributed by atoms with Crippen LogP contribution in [0.2, 0.25) is 10.0 Å². The van der Waals surface area contributed by atoms with Crippen LogP contribution >= 0.6 is 23.2 Å². The molecule has 1 aromatic rings. The van der Waals surface area contributed by atoms with E-state index in [1.165, 1.54) is 25.7 Å². The summed E-state index contributed by atoms with van der Waals surface area (Å²) in [7, 11) is 0. The SMILES string of the molecule is NC(CCN(CCO)C1CCCC1)c1cccc(Cl)c1Cl. The van der Waals surface area contributed by atoms with E-state index in [2.05, 4.69) is 4.90 Å². The van der Waals surface area contributed by atoms with Crippen molar-refractivity contribution in [3.63, 3.8) is 0 Å². The summed E-state index contributed by atoms with van der Waals surface area (Å²) in [5, 5.41) is 10.4. The summed E-state index contributed by atoms with van der Waals surface area (Å²) in [6.45, 7) is 1.81. The molecule has 21 heavy (non-hydrogen) atoms. The fraction of sp³-hybridized carbons (Fsp3) is 0.625. The zero-order valence-corrected chi connectivity index (χ0v) is 13.8. The van der Waals surface area contributed by atoms with Gasteiger partial charge in [0.1, 0.15) is 0 Å². The van der Waals surface area contributed by atoms with E-state index in [9.17, 15) is 5.11 Å². The van der Waals surface area contributed by atoms with Gasteiger partial charge in [0.2, 0.25) is 0 Å². The summed E-state index contributed by atoms with van der Waals surface area (Å²) in [6.07, 6.45) is 5.86. The summed E-state index contributed by atoms with van der Waals surface area (Å²) in [5.41, 5.74) is 7.18. The van der Waals surface area contributed by atoms with Gasteiger partial charge in [-0.2, -0.15) is 0 Å². The van der Waals surface area contributed by atoms with Crippen LogP contribution in [0.5, 0.6) is 0 Å². The topological polar surface area (TPSA) is 49.5 Å². The molecule has 3 N–H and O–H groups in total. The fourth-order valence-electron chi connectivity index (χ4n) is 3.14. The van der Waals surface area contributed by atoms with E-state index in [1.807, 2.05) is 12.1 Å². The number of benzene rings is 1. The Balaban J connectivity index is 1.94. The van der Waals surface area contributed by atoms with Gasteiger partial charge in [-0.05, 0) is 30.9 Å². The molecule has 1 fully saturated rings. The third-order valence-electron chi connectivity index (χ3n) is 4.34. The van der Waals surface area contributed by atoms with Crippen LogP contribution in [0.1, 0.15) is 43.7 Å². The average molecular weight is 331 g/mol. The van der Waals surface area contributed by atoms with Crippen molar-refractivity contribution in [1.29, 1.82) is 0 Å². The van der Waals surface area contributed by atoms with Crippen molar-refractivity contribution in [2.75, 3.05) is 19.7 Å². The number of nitrogens with two attached hydrogens (primary N) is 1. The maximum absolute atomic E-state index is 9.25. The number of nitrogens with zero attached hydrogens (tertiary/aromatic N) is 1. The van der Waals surface area contributed by atoms with Crippen LogP contribution in [0.4, 0.5) is 0 Å². The van der Waals surface area contributed by atoms with Gasteiger partial charge in [0, 0.05) is 25.2 Å². The number of halogens is 2. The number of hydrogen-bond donors (Lipinski definition) is 2. The molecule has 0 aromatic heterocycles. The molecular formula is C16H24Cl2N2O. The highest BCUT2D eigenvalue weighted by molar-refractivity contribution is 6.42. The van der Waals surface area contributed by atoms with Gasteiger partial charge in [-0.3, -0.25) is 4.90 Å². The van der Waals surface area contributed by atoms with Crippen molar-refractivity contribution >= 4 is 23.2 Å². The molecule has 3 nitrogen and oxygen atoms in total. The smallest absolute Gasteiger partial charge is 0.0640 e. The molecule has 0 saturated heterocycles. The second-order valence-corrected chi connectivity index (χ2v) is 6.52. The van der Waals surface area contributed by atoms with Gasteiger partial charge in [-0.1, -0.05) is 48.2 Å². The normalized spacial score (nSPS) is 17.6. The van der Waals surface area contributed by atoms with E-state index in [0.717, 1.165) is 25.1 Å². The van der Waals surface area contributed by atoms with Gasteiger partial charge in [0.25, 0.3) is 0 Å². The number of rotatable bonds is 7. The highest BCUT2D eigenvalue weighted by atomic mass is 35.5. The fourth-order valence-corrected chi connectivity index (χ4v) is 3.59. The molecular weight excluding hydrogens is 307 g/mol. The molecule has 1 aliphatic rings. The highest BCUT2D eigenvalue weighted by Gasteiger charge is 2.23. The van der Waals surface area contributed by atoms with Crippen LogP contribution < -0.4 is 5.73 Å². The summed E-state index contributed by atoms with van der Waals surface area (Å²) < 4.78 is 0. The second-order valence-electron chi connectivity index (χ2n) is 5.74. The molecule has 0 bridgehead atoms. The first-order valence-corrected chi connectivity index (χ1v) is 8.43. The molecule has 1 unspecified atom stereocenters. The molecule has 1 saturated carbocycles. The quantitative estimate of drug-likeness (QED) is 0.802. The van der Waals surface area contributed by atoms with Gasteiger partial charge < -0.3 is 10.8 Å². The van der Waals surface area contributed by atoms with Gasteiger partial charge >= 0.3 is 0 Å². The summed E-state index contributed by atoms with van der Waals surface area (Å²) in [5.74, 6) is 0. The lowest BCUT2D eigenvalue weighted by molar-refractivity contribution is 0.147. The summed E-state index contributed by atoms with van der Waals surface area (Å²) in [4.78, 5) is 2.37. The maximum Gasteiger partial charge on any atom is 0.0640 e. The van der Waals surface area contributed by atoms with E-state index in [-0.39, 0.29) is 12.6 Å². The zero-order valence-electron chi connectivity index (χ0n) is 12.3. The molecule has 2 rings (SSSR count).